The highest BCUT2D eigenvalue weighted by Gasteiger charge is 2.25. The molecular formula is C9H17NOS. The van der Waals surface area contributed by atoms with Crippen LogP contribution in [0.15, 0.2) is 17.1 Å². The predicted molar refractivity (Wildman–Crippen MR) is 55.8 cm³/mol. The third-order valence-electron chi connectivity index (χ3n) is 1.19. The quantitative estimate of drug-likeness (QED) is 0.288. The van der Waals surface area contributed by atoms with Crippen molar-refractivity contribution < 1.29 is 4.55 Å². The van der Waals surface area contributed by atoms with E-state index < -0.39 is 11.4 Å². The van der Waals surface area contributed by atoms with Crippen LogP contribution in [0.5, 0.6) is 0 Å². The van der Waals surface area contributed by atoms with E-state index in [4.69, 9.17) is 0 Å². The molecule has 2 nitrogen and oxygen atoms in total. The molecule has 1 unspecified atom stereocenters. The van der Waals surface area contributed by atoms with Gasteiger partial charge in [-0.05, 0) is 33.6 Å². The van der Waals surface area contributed by atoms with Gasteiger partial charge in [0.1, 0.15) is 16.1 Å². The Hall–Kier alpha value is -0.280. The minimum absolute atomic E-state index is 0.245. The Kier molecular flexibility index (Phi) is 5.25. The lowest BCUT2D eigenvalue weighted by Crippen LogP contribution is -2.25. The molecule has 0 radical (unpaired) electrons. The SMILES string of the molecule is C=CCC/C=N\[S+]([O-])C(C)(C)C. The number of unbranched alkanes of at least 4 members (excludes halogenated alkanes) is 1. The molecule has 70 valence electrons. The summed E-state index contributed by atoms with van der Waals surface area (Å²) in [6, 6.07) is 0. The number of hydrogen-bond donors (Lipinski definition) is 0. The summed E-state index contributed by atoms with van der Waals surface area (Å²) in [5, 5.41) is 0. The molecule has 0 saturated heterocycles. The van der Waals surface area contributed by atoms with Crippen LogP contribution < -0.4 is 0 Å². The Morgan fingerprint density at radius 1 is 1.42 bits per heavy atom. The van der Waals surface area contributed by atoms with Crippen molar-refractivity contribution in [2.24, 2.45) is 4.40 Å². The number of rotatable bonds is 4. The van der Waals surface area contributed by atoms with E-state index in [-0.39, 0.29) is 4.75 Å². The van der Waals surface area contributed by atoms with Gasteiger partial charge in [-0.15, -0.1) is 6.58 Å². The van der Waals surface area contributed by atoms with Gasteiger partial charge < -0.3 is 4.55 Å². The van der Waals surface area contributed by atoms with Crippen LogP contribution in [0.4, 0.5) is 0 Å². The van der Waals surface area contributed by atoms with Gasteiger partial charge in [0.25, 0.3) is 0 Å². The fourth-order valence-electron chi connectivity index (χ4n) is 0.471. The third kappa shape index (κ3) is 5.38. The predicted octanol–water partition coefficient (Wildman–Crippen LogP) is 2.49. The highest BCUT2D eigenvalue weighted by Crippen LogP contribution is 2.16. The normalized spacial score (nSPS) is 15.0. The van der Waals surface area contributed by atoms with Crippen LogP contribution in [0, 0.1) is 0 Å². The number of nitrogens with zero attached hydrogens (tertiary/aromatic N) is 1. The van der Waals surface area contributed by atoms with Crippen molar-refractivity contribution in [2.75, 3.05) is 0 Å². The van der Waals surface area contributed by atoms with E-state index >= 15 is 0 Å². The van der Waals surface area contributed by atoms with Gasteiger partial charge in [0.05, 0.1) is 6.21 Å². The van der Waals surface area contributed by atoms with E-state index in [9.17, 15) is 4.55 Å². The second kappa shape index (κ2) is 5.38. The van der Waals surface area contributed by atoms with Crippen LogP contribution >= 0.6 is 0 Å². The highest BCUT2D eigenvalue weighted by atomic mass is 32.2. The lowest BCUT2D eigenvalue weighted by Gasteiger charge is -2.17. The number of allylic oxidation sites excluding steroid dienone is 1. The molecule has 0 aromatic carbocycles. The van der Waals surface area contributed by atoms with Crippen molar-refractivity contribution in [1.82, 2.24) is 0 Å². The van der Waals surface area contributed by atoms with Crippen LogP contribution in [0.25, 0.3) is 0 Å². The average Bonchev–Trinajstić information content (AvgIpc) is 1.96. The maximum absolute atomic E-state index is 11.3. The van der Waals surface area contributed by atoms with E-state index in [1.165, 1.54) is 0 Å². The van der Waals surface area contributed by atoms with Crippen molar-refractivity contribution in [3.05, 3.63) is 12.7 Å². The summed E-state index contributed by atoms with van der Waals surface area (Å²) >= 11 is -1.11. The van der Waals surface area contributed by atoms with Gasteiger partial charge in [0, 0.05) is 0 Å². The van der Waals surface area contributed by atoms with Crippen molar-refractivity contribution >= 4 is 17.6 Å². The summed E-state index contributed by atoms with van der Waals surface area (Å²) < 4.78 is 15.0. The van der Waals surface area contributed by atoms with Gasteiger partial charge in [-0.1, -0.05) is 10.5 Å². The maximum atomic E-state index is 11.3. The highest BCUT2D eigenvalue weighted by molar-refractivity contribution is 7.91. The summed E-state index contributed by atoms with van der Waals surface area (Å²) in [7, 11) is 0. The van der Waals surface area contributed by atoms with Crippen LogP contribution in [0.3, 0.4) is 0 Å². The van der Waals surface area contributed by atoms with E-state index in [0.29, 0.717) is 0 Å². The summed E-state index contributed by atoms with van der Waals surface area (Å²) in [5.74, 6) is 0. The van der Waals surface area contributed by atoms with Gasteiger partial charge in [0.15, 0.2) is 0 Å². The Labute approximate surface area is 78.1 Å². The van der Waals surface area contributed by atoms with Crippen LogP contribution in [-0.4, -0.2) is 15.5 Å². The van der Waals surface area contributed by atoms with Crippen LogP contribution in [0.2, 0.25) is 0 Å². The summed E-state index contributed by atoms with van der Waals surface area (Å²) in [5.41, 5.74) is 0. The molecule has 0 aliphatic rings. The molecule has 0 fully saturated rings. The zero-order chi connectivity index (χ0) is 9.61. The molecular weight excluding hydrogens is 170 g/mol. The summed E-state index contributed by atoms with van der Waals surface area (Å²) in [6.07, 6.45) is 5.26. The fourth-order valence-corrected chi connectivity index (χ4v) is 1.03. The lowest BCUT2D eigenvalue weighted by molar-refractivity contribution is 0.561. The minimum atomic E-state index is -1.11. The molecule has 0 amide bonds. The lowest BCUT2D eigenvalue weighted by atomic mass is 10.3. The molecule has 0 aliphatic heterocycles. The molecule has 12 heavy (non-hydrogen) atoms. The topological polar surface area (TPSA) is 35.4 Å². The molecule has 0 rings (SSSR count). The van der Waals surface area contributed by atoms with Crippen LogP contribution in [-0.2, 0) is 11.4 Å². The Balaban J connectivity index is 3.75. The van der Waals surface area contributed by atoms with Gasteiger partial charge in [-0.2, -0.15) is 0 Å². The van der Waals surface area contributed by atoms with Crippen molar-refractivity contribution in [2.45, 2.75) is 38.4 Å². The third-order valence-corrected chi connectivity index (χ3v) is 2.58. The molecule has 0 bridgehead atoms. The van der Waals surface area contributed by atoms with E-state index in [2.05, 4.69) is 11.0 Å². The van der Waals surface area contributed by atoms with Gasteiger partial charge in [-0.3, -0.25) is 0 Å². The monoisotopic (exact) mass is 187 g/mol. The standard InChI is InChI=1S/C9H17NOS/c1-5-6-7-8-10-12(11)9(2,3)4/h5,8H,1,6-7H2,2-4H3/b10-8-. The Morgan fingerprint density at radius 2 is 2.00 bits per heavy atom. The smallest absolute Gasteiger partial charge is 0.144 e. The van der Waals surface area contributed by atoms with Crippen molar-refractivity contribution in [1.29, 1.82) is 0 Å². The first-order valence-corrected chi connectivity index (χ1v) is 5.14. The van der Waals surface area contributed by atoms with E-state index in [0.717, 1.165) is 12.8 Å². The zero-order valence-electron chi connectivity index (χ0n) is 8.04. The maximum Gasteiger partial charge on any atom is 0.144 e. The van der Waals surface area contributed by atoms with E-state index in [1.807, 2.05) is 26.8 Å². The molecule has 1 atom stereocenters. The van der Waals surface area contributed by atoms with Crippen molar-refractivity contribution in [3.8, 4) is 0 Å². The second-order valence-corrected chi connectivity index (χ2v) is 5.45. The average molecular weight is 187 g/mol. The molecule has 0 N–H and O–H groups in total. The van der Waals surface area contributed by atoms with Gasteiger partial charge >= 0.3 is 0 Å². The first-order valence-electron chi connectivity index (χ1n) is 4.04. The van der Waals surface area contributed by atoms with Gasteiger partial charge in [-0.25, -0.2) is 0 Å². The second-order valence-electron chi connectivity index (χ2n) is 3.52. The van der Waals surface area contributed by atoms with Crippen molar-refractivity contribution in [3.63, 3.8) is 0 Å². The molecule has 0 saturated carbocycles. The molecule has 0 aromatic rings. The molecule has 0 heterocycles. The summed E-state index contributed by atoms with van der Waals surface area (Å²) in [4.78, 5) is 0. The zero-order valence-corrected chi connectivity index (χ0v) is 8.86. The van der Waals surface area contributed by atoms with Gasteiger partial charge in [0.2, 0.25) is 0 Å². The van der Waals surface area contributed by atoms with E-state index in [1.54, 1.807) is 6.21 Å². The minimum Gasteiger partial charge on any atom is -0.591 e. The van der Waals surface area contributed by atoms with Crippen LogP contribution in [0.1, 0.15) is 33.6 Å². The fraction of sp³-hybridized carbons (Fsp3) is 0.667. The Bertz CT molecular complexity index is 160. The first kappa shape index (κ1) is 11.7. The Morgan fingerprint density at radius 3 is 2.42 bits per heavy atom. The molecule has 0 aromatic heterocycles. The summed E-state index contributed by atoms with van der Waals surface area (Å²) in [6.45, 7) is 9.32. The first-order chi connectivity index (χ1) is 5.48. The largest absolute Gasteiger partial charge is 0.591 e. The number of hydrogen-bond acceptors (Lipinski definition) is 2. The molecule has 0 spiro atoms. The molecule has 3 heteroatoms. The molecule has 0 aliphatic carbocycles.